The van der Waals surface area contributed by atoms with E-state index in [0.29, 0.717) is 34.6 Å². The third kappa shape index (κ3) is 2.36. The molecule has 5 heteroatoms. The Morgan fingerprint density at radius 1 is 1.30 bits per heavy atom. The molecule has 2 aliphatic heterocycles. The van der Waals surface area contributed by atoms with Crippen molar-refractivity contribution in [3.05, 3.63) is 38.7 Å². The molecule has 1 aromatic rings. The summed E-state index contributed by atoms with van der Waals surface area (Å²) in [5.41, 5.74) is 1.19. The van der Waals surface area contributed by atoms with Crippen LogP contribution in [-0.2, 0) is 0 Å². The third-order valence-corrected chi connectivity index (χ3v) is 5.83. The number of rotatable bonds is 3. The lowest BCUT2D eigenvalue weighted by Crippen LogP contribution is -2.46. The number of piperidine rings is 1. The maximum Gasteiger partial charge on any atom is 0.0860 e. The smallest absolute Gasteiger partial charge is 0.0860 e. The molecule has 4 atom stereocenters. The number of nitroso groups, excluding NO2 is 1. The molecule has 20 heavy (non-hydrogen) atoms. The SMILES string of the molecule is CN1C2CC[C@@H]1[C@H](CN=O)[C@@H](c1ccc(Cl)c(Cl)c1)C2. The highest BCUT2D eigenvalue weighted by molar-refractivity contribution is 6.42. The van der Waals surface area contributed by atoms with Crippen LogP contribution in [-0.4, -0.2) is 30.6 Å². The lowest BCUT2D eigenvalue weighted by Gasteiger charge is -2.42. The minimum absolute atomic E-state index is 0.286. The Labute approximate surface area is 129 Å². The highest BCUT2D eigenvalue weighted by Gasteiger charge is 2.45. The van der Waals surface area contributed by atoms with Gasteiger partial charge in [0.25, 0.3) is 0 Å². The highest BCUT2D eigenvalue weighted by atomic mass is 35.5. The molecule has 0 aromatic heterocycles. The van der Waals surface area contributed by atoms with Crippen molar-refractivity contribution in [2.75, 3.05) is 13.6 Å². The molecule has 0 amide bonds. The summed E-state index contributed by atoms with van der Waals surface area (Å²) in [6, 6.07) is 6.93. The van der Waals surface area contributed by atoms with Gasteiger partial charge in [0, 0.05) is 18.0 Å². The van der Waals surface area contributed by atoms with Gasteiger partial charge in [0.2, 0.25) is 0 Å². The van der Waals surface area contributed by atoms with Crippen LogP contribution >= 0.6 is 23.2 Å². The standard InChI is InChI=1S/C15H18Cl2N2O/c1-19-10-3-5-15(19)12(8-18-20)11(7-10)9-2-4-13(16)14(17)6-9/h2,4,6,10-12,15H,3,5,7-8H2,1H3/t10?,11-,12-,15-/m1/s1. The number of fused-ring (bicyclic) bond motifs is 2. The van der Waals surface area contributed by atoms with Gasteiger partial charge in [-0.05, 0) is 49.9 Å². The molecule has 0 spiro atoms. The van der Waals surface area contributed by atoms with Gasteiger partial charge in [0.05, 0.1) is 16.6 Å². The van der Waals surface area contributed by atoms with Crippen molar-refractivity contribution in [1.29, 1.82) is 0 Å². The van der Waals surface area contributed by atoms with Crippen LogP contribution in [0.2, 0.25) is 10.0 Å². The van der Waals surface area contributed by atoms with Gasteiger partial charge in [-0.15, -0.1) is 0 Å². The highest BCUT2D eigenvalue weighted by Crippen LogP contribution is 2.46. The fourth-order valence-electron chi connectivity index (χ4n) is 4.04. The average molecular weight is 313 g/mol. The molecule has 2 heterocycles. The Hall–Kier alpha value is -0.640. The van der Waals surface area contributed by atoms with Crippen LogP contribution in [0.4, 0.5) is 0 Å². The van der Waals surface area contributed by atoms with Crippen LogP contribution in [0.3, 0.4) is 0 Å². The Balaban J connectivity index is 1.94. The molecule has 1 unspecified atom stereocenters. The molecule has 2 aliphatic rings. The topological polar surface area (TPSA) is 32.7 Å². The van der Waals surface area contributed by atoms with Crippen molar-refractivity contribution < 1.29 is 0 Å². The number of hydrogen-bond acceptors (Lipinski definition) is 3. The molecule has 108 valence electrons. The average Bonchev–Trinajstić information content (AvgIpc) is 2.67. The van der Waals surface area contributed by atoms with E-state index >= 15 is 0 Å². The van der Waals surface area contributed by atoms with Crippen LogP contribution in [0.15, 0.2) is 23.4 Å². The first-order valence-electron chi connectivity index (χ1n) is 7.07. The van der Waals surface area contributed by atoms with E-state index in [9.17, 15) is 4.91 Å². The molecule has 2 fully saturated rings. The molecular formula is C15H18Cl2N2O. The van der Waals surface area contributed by atoms with Crippen molar-refractivity contribution in [3.8, 4) is 0 Å². The van der Waals surface area contributed by atoms with Crippen molar-refractivity contribution in [2.45, 2.75) is 37.3 Å². The Kier molecular flexibility index (Phi) is 4.02. The second kappa shape index (κ2) is 5.63. The number of hydrogen-bond donors (Lipinski definition) is 0. The van der Waals surface area contributed by atoms with Gasteiger partial charge in [0.1, 0.15) is 0 Å². The number of nitrogens with zero attached hydrogens (tertiary/aromatic N) is 2. The quantitative estimate of drug-likeness (QED) is 0.778. The largest absolute Gasteiger partial charge is 0.300 e. The first-order chi connectivity index (χ1) is 9.61. The maximum atomic E-state index is 10.8. The molecule has 0 radical (unpaired) electrons. The van der Waals surface area contributed by atoms with Gasteiger partial charge in [-0.1, -0.05) is 34.4 Å². The normalized spacial score (nSPS) is 33.4. The van der Waals surface area contributed by atoms with Crippen molar-refractivity contribution in [3.63, 3.8) is 0 Å². The molecule has 3 nitrogen and oxygen atoms in total. The van der Waals surface area contributed by atoms with Crippen molar-refractivity contribution in [2.24, 2.45) is 11.1 Å². The summed E-state index contributed by atoms with van der Waals surface area (Å²) in [6.07, 6.45) is 3.46. The molecule has 2 saturated heterocycles. The van der Waals surface area contributed by atoms with E-state index in [1.165, 1.54) is 18.4 Å². The molecule has 0 aliphatic carbocycles. The van der Waals surface area contributed by atoms with E-state index in [1.807, 2.05) is 18.2 Å². The van der Waals surface area contributed by atoms with Crippen LogP contribution < -0.4 is 0 Å². The molecule has 3 rings (SSSR count). The van der Waals surface area contributed by atoms with Gasteiger partial charge in [-0.2, -0.15) is 4.91 Å². The van der Waals surface area contributed by atoms with Gasteiger partial charge in [-0.3, -0.25) is 0 Å². The Morgan fingerprint density at radius 3 is 2.80 bits per heavy atom. The lowest BCUT2D eigenvalue weighted by molar-refractivity contribution is 0.104. The maximum absolute atomic E-state index is 10.8. The Morgan fingerprint density at radius 2 is 2.10 bits per heavy atom. The van der Waals surface area contributed by atoms with Crippen LogP contribution in [0.5, 0.6) is 0 Å². The predicted molar refractivity (Wildman–Crippen MR) is 82.5 cm³/mol. The van der Waals surface area contributed by atoms with E-state index < -0.39 is 0 Å². The van der Waals surface area contributed by atoms with E-state index in [2.05, 4.69) is 17.1 Å². The summed E-state index contributed by atoms with van der Waals surface area (Å²) in [6.45, 7) is 0.382. The molecular weight excluding hydrogens is 295 g/mol. The van der Waals surface area contributed by atoms with Crippen LogP contribution in [0, 0.1) is 10.8 Å². The van der Waals surface area contributed by atoms with Crippen molar-refractivity contribution >= 4 is 23.2 Å². The fourth-order valence-corrected chi connectivity index (χ4v) is 4.35. The molecule has 2 bridgehead atoms. The van der Waals surface area contributed by atoms with Crippen molar-refractivity contribution in [1.82, 2.24) is 4.90 Å². The summed E-state index contributed by atoms with van der Waals surface area (Å²) >= 11 is 12.1. The zero-order valence-corrected chi connectivity index (χ0v) is 12.9. The summed E-state index contributed by atoms with van der Waals surface area (Å²) in [5.74, 6) is 0.643. The van der Waals surface area contributed by atoms with E-state index in [-0.39, 0.29) is 5.92 Å². The van der Waals surface area contributed by atoms with Gasteiger partial charge in [0.15, 0.2) is 0 Å². The summed E-state index contributed by atoms with van der Waals surface area (Å²) in [7, 11) is 2.17. The molecule has 0 N–H and O–H groups in total. The molecule has 0 saturated carbocycles. The van der Waals surface area contributed by atoms with E-state index in [1.54, 1.807) is 0 Å². The second-order valence-electron chi connectivity index (χ2n) is 5.96. The second-order valence-corrected chi connectivity index (χ2v) is 6.77. The summed E-state index contributed by atoms with van der Waals surface area (Å²) < 4.78 is 0. The minimum Gasteiger partial charge on any atom is -0.300 e. The number of benzene rings is 1. The fraction of sp³-hybridized carbons (Fsp3) is 0.600. The minimum atomic E-state index is 0.286. The first-order valence-corrected chi connectivity index (χ1v) is 7.83. The van der Waals surface area contributed by atoms with Gasteiger partial charge in [-0.25, -0.2) is 0 Å². The third-order valence-electron chi connectivity index (χ3n) is 5.09. The Bertz CT molecular complexity index is 523. The van der Waals surface area contributed by atoms with Crippen LogP contribution in [0.1, 0.15) is 30.7 Å². The van der Waals surface area contributed by atoms with E-state index in [0.717, 1.165) is 6.42 Å². The zero-order valence-electron chi connectivity index (χ0n) is 11.4. The lowest BCUT2D eigenvalue weighted by atomic mass is 9.76. The first kappa shape index (κ1) is 14.3. The summed E-state index contributed by atoms with van der Waals surface area (Å²) in [4.78, 5) is 13.3. The van der Waals surface area contributed by atoms with E-state index in [4.69, 9.17) is 23.2 Å². The van der Waals surface area contributed by atoms with Gasteiger partial charge >= 0.3 is 0 Å². The van der Waals surface area contributed by atoms with Crippen LogP contribution in [0.25, 0.3) is 0 Å². The zero-order chi connectivity index (χ0) is 14.3. The monoisotopic (exact) mass is 312 g/mol. The number of halogens is 2. The summed E-state index contributed by atoms with van der Waals surface area (Å²) in [5, 5.41) is 4.36. The predicted octanol–water partition coefficient (Wildman–Crippen LogP) is 4.33. The molecule has 1 aromatic carbocycles. The van der Waals surface area contributed by atoms with Gasteiger partial charge < -0.3 is 4.90 Å².